The van der Waals surface area contributed by atoms with Gasteiger partial charge in [0.2, 0.25) is 5.91 Å². The molecule has 1 aliphatic heterocycles. The zero-order valence-electron chi connectivity index (χ0n) is 14.6. The van der Waals surface area contributed by atoms with E-state index >= 15 is 0 Å². The maximum absolute atomic E-state index is 12.1. The van der Waals surface area contributed by atoms with E-state index in [-0.39, 0.29) is 24.5 Å². The number of aliphatic hydroxyl groups excluding tert-OH is 1. The Labute approximate surface area is 140 Å². The number of likely N-dealkylation sites (tertiary alicyclic amines) is 1. The third-order valence-corrected chi connectivity index (χ3v) is 4.66. The molecule has 1 aliphatic rings. The van der Waals surface area contributed by atoms with Crippen molar-refractivity contribution < 1.29 is 19.4 Å². The predicted molar refractivity (Wildman–Crippen MR) is 90.0 cm³/mol. The predicted octanol–water partition coefficient (Wildman–Crippen LogP) is 3.04. The number of nitrogens with zero attached hydrogens (tertiary/aromatic N) is 1. The minimum atomic E-state index is -0.115. The van der Waals surface area contributed by atoms with Crippen LogP contribution in [-0.2, 0) is 14.3 Å². The molecule has 134 valence electrons. The van der Waals surface area contributed by atoms with Gasteiger partial charge in [-0.15, -0.1) is 0 Å². The highest BCUT2D eigenvalue weighted by Crippen LogP contribution is 2.19. The van der Waals surface area contributed by atoms with Crippen LogP contribution in [0.3, 0.4) is 0 Å². The third kappa shape index (κ3) is 8.35. The van der Waals surface area contributed by atoms with Crippen molar-refractivity contribution in [3.05, 3.63) is 0 Å². The van der Waals surface area contributed by atoms with E-state index in [1.54, 1.807) is 0 Å². The number of hydrogen-bond donors (Lipinski definition) is 1. The van der Waals surface area contributed by atoms with Gasteiger partial charge in [-0.05, 0) is 25.7 Å². The second-order valence-electron chi connectivity index (χ2n) is 6.47. The van der Waals surface area contributed by atoms with Gasteiger partial charge in [-0.25, -0.2) is 0 Å². The monoisotopic (exact) mass is 327 g/mol. The van der Waals surface area contributed by atoms with Crippen molar-refractivity contribution in [1.29, 1.82) is 0 Å². The average Bonchev–Trinajstić information content (AvgIpc) is 3.04. The molecule has 1 amide bonds. The summed E-state index contributed by atoms with van der Waals surface area (Å²) in [5.74, 6) is 0.0977. The summed E-state index contributed by atoms with van der Waals surface area (Å²) >= 11 is 0. The molecule has 0 radical (unpaired) electrons. The minimum absolute atomic E-state index is 0.0625. The van der Waals surface area contributed by atoms with E-state index in [1.165, 1.54) is 32.8 Å². The fourth-order valence-corrected chi connectivity index (χ4v) is 3.21. The van der Waals surface area contributed by atoms with Crippen LogP contribution < -0.4 is 0 Å². The lowest BCUT2D eigenvalue weighted by atomic mass is 10.1. The van der Waals surface area contributed by atoms with Crippen molar-refractivity contribution in [2.45, 2.75) is 83.1 Å². The molecule has 1 saturated heterocycles. The Morgan fingerprint density at radius 2 is 1.57 bits per heavy atom. The lowest BCUT2D eigenvalue weighted by molar-refractivity contribution is -0.140. The fraction of sp³-hybridized carbons (Fsp3) is 0.889. The van der Waals surface area contributed by atoms with E-state index in [2.05, 4.69) is 4.74 Å². The number of rotatable bonds is 12. The normalized spacial score (nSPS) is 17.5. The quantitative estimate of drug-likeness (QED) is 0.442. The van der Waals surface area contributed by atoms with Crippen molar-refractivity contribution >= 4 is 11.9 Å². The van der Waals surface area contributed by atoms with E-state index in [9.17, 15) is 14.7 Å². The molecule has 1 rings (SSSR count). The molecule has 0 aromatic carbocycles. The molecular weight excluding hydrogens is 294 g/mol. The maximum Gasteiger partial charge on any atom is 0.305 e. The molecule has 0 aromatic heterocycles. The number of unbranched alkanes of at least 4 members (excludes halogenated alkanes) is 7. The summed E-state index contributed by atoms with van der Waals surface area (Å²) in [6.07, 6.45) is 11.9. The number of ether oxygens (including phenoxy) is 1. The molecule has 5 heteroatoms. The first kappa shape index (κ1) is 19.9. The third-order valence-electron chi connectivity index (χ3n) is 4.66. The van der Waals surface area contributed by atoms with E-state index in [0.717, 1.165) is 45.1 Å². The van der Waals surface area contributed by atoms with E-state index in [4.69, 9.17) is 0 Å². The number of aliphatic hydroxyl groups is 1. The molecule has 1 atom stereocenters. The van der Waals surface area contributed by atoms with E-state index in [1.807, 2.05) is 4.90 Å². The van der Waals surface area contributed by atoms with Crippen molar-refractivity contribution in [2.24, 2.45) is 0 Å². The van der Waals surface area contributed by atoms with Crippen LogP contribution in [0.25, 0.3) is 0 Å². The van der Waals surface area contributed by atoms with Gasteiger partial charge < -0.3 is 14.7 Å². The molecule has 0 aliphatic carbocycles. The number of methoxy groups -OCH3 is 1. The molecule has 1 heterocycles. The van der Waals surface area contributed by atoms with Crippen LogP contribution in [0.5, 0.6) is 0 Å². The van der Waals surface area contributed by atoms with Gasteiger partial charge in [0.25, 0.3) is 0 Å². The van der Waals surface area contributed by atoms with Crippen LogP contribution in [0.15, 0.2) is 0 Å². The average molecular weight is 327 g/mol. The molecule has 1 unspecified atom stereocenters. The van der Waals surface area contributed by atoms with Gasteiger partial charge >= 0.3 is 5.97 Å². The van der Waals surface area contributed by atoms with Crippen LogP contribution in [0.2, 0.25) is 0 Å². The summed E-state index contributed by atoms with van der Waals surface area (Å²) in [7, 11) is 1.43. The lowest BCUT2D eigenvalue weighted by Crippen LogP contribution is -2.37. The topological polar surface area (TPSA) is 66.8 Å². The Morgan fingerprint density at radius 1 is 1.00 bits per heavy atom. The van der Waals surface area contributed by atoms with Gasteiger partial charge in [0, 0.05) is 19.4 Å². The first-order valence-electron chi connectivity index (χ1n) is 9.16. The Balaban J connectivity index is 1.89. The van der Waals surface area contributed by atoms with Gasteiger partial charge in [0.15, 0.2) is 0 Å². The Hall–Kier alpha value is -1.10. The molecule has 0 saturated carbocycles. The largest absolute Gasteiger partial charge is 0.469 e. The highest BCUT2D eigenvalue weighted by Gasteiger charge is 2.27. The second kappa shape index (κ2) is 12.3. The molecule has 1 N–H and O–H groups in total. The van der Waals surface area contributed by atoms with Gasteiger partial charge in [0.05, 0.1) is 19.8 Å². The number of carbonyl (C=O) groups is 2. The fourth-order valence-electron chi connectivity index (χ4n) is 3.21. The van der Waals surface area contributed by atoms with Crippen LogP contribution in [-0.4, -0.2) is 48.2 Å². The van der Waals surface area contributed by atoms with Crippen LogP contribution >= 0.6 is 0 Å². The molecule has 23 heavy (non-hydrogen) atoms. The van der Waals surface area contributed by atoms with Crippen molar-refractivity contribution in [3.63, 3.8) is 0 Å². The number of amides is 1. The van der Waals surface area contributed by atoms with Crippen LogP contribution in [0, 0.1) is 0 Å². The molecule has 0 aromatic rings. The number of carbonyl (C=O) groups excluding carboxylic acids is 2. The van der Waals surface area contributed by atoms with Crippen molar-refractivity contribution in [1.82, 2.24) is 4.90 Å². The van der Waals surface area contributed by atoms with Crippen molar-refractivity contribution in [3.8, 4) is 0 Å². The summed E-state index contributed by atoms with van der Waals surface area (Å²) in [5.41, 5.74) is 0. The van der Waals surface area contributed by atoms with Crippen LogP contribution in [0.1, 0.15) is 77.0 Å². The molecule has 0 bridgehead atoms. The maximum atomic E-state index is 12.1. The number of hydrogen-bond acceptors (Lipinski definition) is 4. The Bertz CT molecular complexity index is 346. The van der Waals surface area contributed by atoms with E-state index < -0.39 is 0 Å². The number of esters is 1. The molecule has 0 spiro atoms. The highest BCUT2D eigenvalue weighted by molar-refractivity contribution is 5.76. The zero-order chi connectivity index (χ0) is 16.9. The van der Waals surface area contributed by atoms with Gasteiger partial charge in [-0.1, -0.05) is 38.5 Å². The SMILES string of the molecule is COC(=O)CCCCCCCCCCC(=O)N1CCCC1CO. The summed E-state index contributed by atoms with van der Waals surface area (Å²) < 4.78 is 4.61. The molecule has 5 nitrogen and oxygen atoms in total. The molecular formula is C18H33NO4. The highest BCUT2D eigenvalue weighted by atomic mass is 16.5. The summed E-state index contributed by atoms with van der Waals surface area (Å²) in [4.78, 5) is 24.9. The molecule has 1 fully saturated rings. The first-order chi connectivity index (χ1) is 11.2. The van der Waals surface area contributed by atoms with Crippen molar-refractivity contribution in [2.75, 3.05) is 20.3 Å². The second-order valence-corrected chi connectivity index (χ2v) is 6.47. The summed E-state index contributed by atoms with van der Waals surface area (Å²) in [6, 6.07) is 0.0625. The standard InChI is InChI=1S/C18H33NO4/c1-23-18(22)13-9-7-5-3-2-4-6-8-12-17(21)19-14-10-11-16(19)15-20/h16,20H,2-15H2,1H3. The zero-order valence-corrected chi connectivity index (χ0v) is 14.6. The van der Waals surface area contributed by atoms with Gasteiger partial charge in [-0.3, -0.25) is 9.59 Å². The summed E-state index contributed by atoms with van der Waals surface area (Å²) in [6.45, 7) is 0.914. The van der Waals surface area contributed by atoms with E-state index in [0.29, 0.717) is 12.8 Å². The van der Waals surface area contributed by atoms with Crippen LogP contribution in [0.4, 0.5) is 0 Å². The Kier molecular flexibility index (Phi) is 10.7. The Morgan fingerprint density at radius 3 is 2.13 bits per heavy atom. The summed E-state index contributed by atoms with van der Waals surface area (Å²) in [5, 5.41) is 9.24. The smallest absolute Gasteiger partial charge is 0.305 e. The van der Waals surface area contributed by atoms with Gasteiger partial charge in [0.1, 0.15) is 0 Å². The minimum Gasteiger partial charge on any atom is -0.469 e. The van der Waals surface area contributed by atoms with Gasteiger partial charge in [-0.2, -0.15) is 0 Å². The first-order valence-corrected chi connectivity index (χ1v) is 9.16. The lowest BCUT2D eigenvalue weighted by Gasteiger charge is -2.22.